The molecule has 0 aromatic heterocycles. The second-order valence-corrected chi connectivity index (χ2v) is 5.42. The maximum Gasteiger partial charge on any atom is 0.130 e. The number of hydrazine groups is 1. The van der Waals surface area contributed by atoms with Crippen LogP contribution in [0, 0.1) is 32.4 Å². The van der Waals surface area contributed by atoms with E-state index < -0.39 is 17.7 Å². The Morgan fingerprint density at radius 1 is 1.00 bits per heavy atom. The fourth-order valence-corrected chi connectivity index (χ4v) is 2.58. The lowest BCUT2D eigenvalue weighted by Crippen LogP contribution is -2.30. The summed E-state index contributed by atoms with van der Waals surface area (Å²) in [6.45, 7) is 5.65. The van der Waals surface area contributed by atoms with Crippen molar-refractivity contribution in [1.29, 1.82) is 0 Å². The second-order valence-electron chi connectivity index (χ2n) is 5.42. The zero-order chi connectivity index (χ0) is 15.6. The average Bonchev–Trinajstić information content (AvgIpc) is 2.43. The smallest absolute Gasteiger partial charge is 0.130 e. The molecule has 0 heterocycles. The zero-order valence-electron chi connectivity index (χ0n) is 12.5. The van der Waals surface area contributed by atoms with E-state index in [1.54, 1.807) is 6.92 Å². The van der Waals surface area contributed by atoms with Crippen LogP contribution in [-0.2, 0) is 6.42 Å². The van der Waals surface area contributed by atoms with E-state index >= 15 is 0 Å². The molecule has 0 bridgehead atoms. The molecule has 2 rings (SSSR count). The summed E-state index contributed by atoms with van der Waals surface area (Å²) < 4.78 is 27.4. The Morgan fingerprint density at radius 3 is 2.19 bits per heavy atom. The molecule has 4 heteroatoms. The molecule has 0 spiro atoms. The summed E-state index contributed by atoms with van der Waals surface area (Å²) in [7, 11) is 0. The molecule has 0 saturated carbocycles. The molecular formula is C17H20F2N2. The first-order chi connectivity index (χ1) is 9.93. The minimum absolute atomic E-state index is 0.388. The van der Waals surface area contributed by atoms with Gasteiger partial charge in [-0.15, -0.1) is 0 Å². The molecule has 1 atom stereocenters. The van der Waals surface area contributed by atoms with Gasteiger partial charge in [0.1, 0.15) is 11.6 Å². The van der Waals surface area contributed by atoms with Gasteiger partial charge in [0.05, 0.1) is 6.04 Å². The molecular weight excluding hydrogens is 270 g/mol. The van der Waals surface area contributed by atoms with Crippen molar-refractivity contribution >= 4 is 0 Å². The van der Waals surface area contributed by atoms with Crippen LogP contribution in [0.4, 0.5) is 8.78 Å². The monoisotopic (exact) mass is 290 g/mol. The first-order valence-electron chi connectivity index (χ1n) is 6.90. The van der Waals surface area contributed by atoms with Crippen molar-refractivity contribution in [2.45, 2.75) is 33.2 Å². The quantitative estimate of drug-likeness (QED) is 0.666. The topological polar surface area (TPSA) is 38.0 Å². The van der Waals surface area contributed by atoms with Crippen molar-refractivity contribution in [2.24, 2.45) is 5.84 Å². The van der Waals surface area contributed by atoms with Crippen LogP contribution in [0.5, 0.6) is 0 Å². The summed E-state index contributed by atoms with van der Waals surface area (Å²) >= 11 is 0. The second kappa shape index (κ2) is 6.33. The van der Waals surface area contributed by atoms with Crippen LogP contribution in [0.3, 0.4) is 0 Å². The van der Waals surface area contributed by atoms with Crippen molar-refractivity contribution in [3.8, 4) is 0 Å². The highest BCUT2D eigenvalue weighted by Gasteiger charge is 2.18. The minimum Gasteiger partial charge on any atom is -0.271 e. The molecule has 21 heavy (non-hydrogen) atoms. The largest absolute Gasteiger partial charge is 0.271 e. The zero-order valence-corrected chi connectivity index (χ0v) is 12.5. The van der Waals surface area contributed by atoms with Crippen LogP contribution >= 0.6 is 0 Å². The van der Waals surface area contributed by atoms with Gasteiger partial charge in [0, 0.05) is 11.6 Å². The van der Waals surface area contributed by atoms with Crippen LogP contribution in [0.2, 0.25) is 0 Å². The molecule has 112 valence electrons. The third kappa shape index (κ3) is 3.28. The van der Waals surface area contributed by atoms with Gasteiger partial charge in [-0.3, -0.25) is 11.3 Å². The number of hydrogen-bond donors (Lipinski definition) is 2. The van der Waals surface area contributed by atoms with E-state index in [9.17, 15) is 8.78 Å². The van der Waals surface area contributed by atoms with E-state index in [4.69, 9.17) is 5.84 Å². The van der Waals surface area contributed by atoms with Gasteiger partial charge in [0.2, 0.25) is 0 Å². The summed E-state index contributed by atoms with van der Waals surface area (Å²) in [5.41, 5.74) is 6.84. The van der Waals surface area contributed by atoms with Crippen LogP contribution < -0.4 is 11.3 Å². The molecule has 0 aliphatic rings. The average molecular weight is 290 g/mol. The SMILES string of the molecule is Cc1cc(C(Cc2c(C)cccc2C)NN)c(F)cc1F. The van der Waals surface area contributed by atoms with E-state index in [2.05, 4.69) is 5.43 Å². The standard InChI is InChI=1S/C17H20F2N2/c1-10-5-4-6-11(2)13(10)8-17(21-20)14-7-12(3)15(18)9-16(14)19/h4-7,9,17,21H,8,20H2,1-3H3. The van der Waals surface area contributed by atoms with Crippen molar-refractivity contribution in [3.05, 3.63) is 69.8 Å². The maximum atomic E-state index is 14.0. The van der Waals surface area contributed by atoms with E-state index in [0.29, 0.717) is 17.5 Å². The Labute approximate surface area is 124 Å². The number of nitrogens with two attached hydrogens (primary N) is 1. The Morgan fingerprint density at radius 2 is 1.62 bits per heavy atom. The van der Waals surface area contributed by atoms with Gasteiger partial charge in [0.15, 0.2) is 0 Å². The van der Waals surface area contributed by atoms with Gasteiger partial charge in [-0.05, 0) is 55.5 Å². The molecule has 2 aromatic carbocycles. The Bertz CT molecular complexity index is 633. The van der Waals surface area contributed by atoms with E-state index in [1.807, 2.05) is 32.0 Å². The van der Waals surface area contributed by atoms with E-state index in [0.717, 1.165) is 22.8 Å². The summed E-state index contributed by atoms with van der Waals surface area (Å²) in [5, 5.41) is 0. The molecule has 3 N–H and O–H groups in total. The van der Waals surface area contributed by atoms with Crippen LogP contribution in [0.1, 0.15) is 33.9 Å². The lowest BCUT2D eigenvalue weighted by Gasteiger charge is -2.20. The first-order valence-corrected chi connectivity index (χ1v) is 6.90. The molecule has 0 amide bonds. The van der Waals surface area contributed by atoms with Crippen LogP contribution in [0.25, 0.3) is 0 Å². The summed E-state index contributed by atoms with van der Waals surface area (Å²) in [6, 6.07) is 8.05. The predicted molar refractivity (Wildman–Crippen MR) is 80.8 cm³/mol. The lowest BCUT2D eigenvalue weighted by atomic mass is 9.92. The van der Waals surface area contributed by atoms with E-state index in [-0.39, 0.29) is 0 Å². The van der Waals surface area contributed by atoms with Gasteiger partial charge in [-0.1, -0.05) is 18.2 Å². The fraction of sp³-hybridized carbons (Fsp3) is 0.294. The number of aryl methyl sites for hydroxylation is 3. The molecule has 2 aromatic rings. The minimum atomic E-state index is -0.577. The summed E-state index contributed by atoms with van der Waals surface area (Å²) in [5.74, 6) is 4.48. The highest BCUT2D eigenvalue weighted by molar-refractivity contribution is 5.36. The molecule has 1 unspecified atom stereocenters. The third-order valence-electron chi connectivity index (χ3n) is 3.91. The number of nitrogens with one attached hydrogen (secondary N) is 1. The van der Waals surface area contributed by atoms with Gasteiger partial charge in [-0.25, -0.2) is 8.78 Å². The van der Waals surface area contributed by atoms with Crippen LogP contribution in [0.15, 0.2) is 30.3 Å². The first kappa shape index (κ1) is 15.6. The summed E-state index contributed by atoms with van der Waals surface area (Å²) in [6.07, 6.45) is 0.553. The van der Waals surface area contributed by atoms with Gasteiger partial charge in [-0.2, -0.15) is 0 Å². The van der Waals surface area contributed by atoms with Gasteiger partial charge >= 0.3 is 0 Å². The molecule has 0 aliphatic carbocycles. The van der Waals surface area contributed by atoms with E-state index in [1.165, 1.54) is 6.07 Å². The number of halogens is 2. The van der Waals surface area contributed by atoms with Gasteiger partial charge < -0.3 is 0 Å². The predicted octanol–water partition coefficient (Wildman–Crippen LogP) is 3.64. The van der Waals surface area contributed by atoms with Crippen LogP contribution in [-0.4, -0.2) is 0 Å². The molecule has 0 fully saturated rings. The number of hydrogen-bond acceptors (Lipinski definition) is 2. The van der Waals surface area contributed by atoms with Crippen molar-refractivity contribution < 1.29 is 8.78 Å². The Hall–Kier alpha value is -1.78. The molecule has 0 saturated heterocycles. The fourth-order valence-electron chi connectivity index (χ4n) is 2.58. The highest BCUT2D eigenvalue weighted by Crippen LogP contribution is 2.26. The molecule has 0 radical (unpaired) electrons. The van der Waals surface area contributed by atoms with Crippen molar-refractivity contribution in [1.82, 2.24) is 5.43 Å². The molecule has 2 nitrogen and oxygen atoms in total. The van der Waals surface area contributed by atoms with Crippen molar-refractivity contribution in [2.75, 3.05) is 0 Å². The van der Waals surface area contributed by atoms with Gasteiger partial charge in [0.25, 0.3) is 0 Å². The summed E-state index contributed by atoms with van der Waals surface area (Å²) in [4.78, 5) is 0. The normalized spacial score (nSPS) is 12.5. The van der Waals surface area contributed by atoms with Crippen molar-refractivity contribution in [3.63, 3.8) is 0 Å². The highest BCUT2D eigenvalue weighted by atomic mass is 19.1. The Kier molecular flexibility index (Phi) is 4.70. The molecule has 0 aliphatic heterocycles. The number of rotatable bonds is 4. The maximum absolute atomic E-state index is 14.0. The lowest BCUT2D eigenvalue weighted by molar-refractivity contribution is 0.499. The number of benzene rings is 2. The Balaban J connectivity index is 2.39. The third-order valence-corrected chi connectivity index (χ3v) is 3.91.